The van der Waals surface area contributed by atoms with E-state index in [2.05, 4.69) is 31.2 Å². The Morgan fingerprint density at radius 2 is 2.09 bits per heavy atom. The maximum Gasteiger partial charge on any atom is 0.318 e. The summed E-state index contributed by atoms with van der Waals surface area (Å²) in [7, 11) is 0. The molecule has 0 aromatic carbocycles. The SMILES string of the molecule is Cc1nn(C(C)(C)C)cc1[C@H](C)NC(=O)N1C[C@H](C)OC[C@H]1C. The van der Waals surface area contributed by atoms with Gasteiger partial charge in [0.05, 0.1) is 36.0 Å². The van der Waals surface area contributed by atoms with Crippen molar-refractivity contribution in [3.63, 3.8) is 0 Å². The number of urea groups is 1. The fourth-order valence-electron chi connectivity index (χ4n) is 2.77. The van der Waals surface area contributed by atoms with Gasteiger partial charge in [0.2, 0.25) is 0 Å². The minimum absolute atomic E-state index is 0.0388. The molecule has 1 aliphatic heterocycles. The second kappa shape index (κ2) is 6.51. The molecule has 6 nitrogen and oxygen atoms in total. The lowest BCUT2D eigenvalue weighted by Gasteiger charge is -2.37. The maximum absolute atomic E-state index is 12.6. The molecule has 1 aromatic rings. The largest absolute Gasteiger partial charge is 0.375 e. The van der Waals surface area contributed by atoms with Crippen LogP contribution < -0.4 is 5.32 Å². The first kappa shape index (κ1) is 17.8. The Labute approximate surface area is 139 Å². The van der Waals surface area contributed by atoms with Gasteiger partial charge in [-0.05, 0) is 48.5 Å². The van der Waals surface area contributed by atoms with Crippen LogP contribution in [0.5, 0.6) is 0 Å². The lowest BCUT2D eigenvalue weighted by Crippen LogP contribution is -2.53. The number of hydrogen-bond donors (Lipinski definition) is 1. The van der Waals surface area contributed by atoms with E-state index in [9.17, 15) is 4.79 Å². The molecule has 2 amide bonds. The molecule has 23 heavy (non-hydrogen) atoms. The standard InChI is InChI=1S/C17H30N4O2/c1-11-10-23-12(2)8-20(11)16(22)18-13(3)15-9-21(17(5,6)7)19-14(15)4/h9,11-13H,8,10H2,1-7H3,(H,18,22)/t11-,12+,13+/m1/s1. The fraction of sp³-hybridized carbons (Fsp3) is 0.765. The van der Waals surface area contributed by atoms with Crippen LogP contribution in [0.15, 0.2) is 6.20 Å². The molecule has 1 aromatic heterocycles. The Morgan fingerprint density at radius 3 is 2.65 bits per heavy atom. The average molecular weight is 322 g/mol. The molecule has 2 rings (SSSR count). The third-order valence-corrected chi connectivity index (χ3v) is 4.30. The van der Waals surface area contributed by atoms with Crippen molar-refractivity contribution < 1.29 is 9.53 Å². The molecule has 2 heterocycles. The van der Waals surface area contributed by atoms with E-state index in [-0.39, 0.29) is 29.8 Å². The van der Waals surface area contributed by atoms with Crippen LogP contribution >= 0.6 is 0 Å². The van der Waals surface area contributed by atoms with Crippen LogP contribution in [0, 0.1) is 6.92 Å². The van der Waals surface area contributed by atoms with Gasteiger partial charge in [-0.25, -0.2) is 4.79 Å². The van der Waals surface area contributed by atoms with E-state index in [0.29, 0.717) is 13.2 Å². The molecule has 130 valence electrons. The summed E-state index contributed by atoms with van der Waals surface area (Å²) < 4.78 is 7.54. The first-order valence-corrected chi connectivity index (χ1v) is 8.35. The van der Waals surface area contributed by atoms with E-state index in [1.165, 1.54) is 0 Å². The van der Waals surface area contributed by atoms with Gasteiger partial charge < -0.3 is 15.0 Å². The van der Waals surface area contributed by atoms with Gasteiger partial charge in [-0.1, -0.05) is 0 Å². The predicted molar refractivity (Wildman–Crippen MR) is 90.5 cm³/mol. The monoisotopic (exact) mass is 322 g/mol. The number of hydrogen-bond acceptors (Lipinski definition) is 3. The van der Waals surface area contributed by atoms with Gasteiger partial charge in [-0.2, -0.15) is 5.10 Å². The summed E-state index contributed by atoms with van der Waals surface area (Å²) in [6.07, 6.45) is 2.11. The zero-order valence-corrected chi connectivity index (χ0v) is 15.4. The molecule has 0 bridgehead atoms. The quantitative estimate of drug-likeness (QED) is 0.911. The average Bonchev–Trinajstić information content (AvgIpc) is 2.83. The molecule has 1 N–H and O–H groups in total. The maximum atomic E-state index is 12.6. The molecule has 0 aliphatic carbocycles. The normalized spacial score (nSPS) is 23.7. The highest BCUT2D eigenvalue weighted by Gasteiger charge is 2.29. The van der Waals surface area contributed by atoms with Crippen molar-refractivity contribution in [3.8, 4) is 0 Å². The number of aromatic nitrogens is 2. The number of nitrogens with zero attached hydrogens (tertiary/aromatic N) is 3. The van der Waals surface area contributed by atoms with Crippen molar-refractivity contribution in [2.24, 2.45) is 0 Å². The number of nitrogens with one attached hydrogen (secondary N) is 1. The van der Waals surface area contributed by atoms with Crippen LogP contribution in [-0.4, -0.2) is 46.0 Å². The van der Waals surface area contributed by atoms with Gasteiger partial charge in [0, 0.05) is 18.3 Å². The van der Waals surface area contributed by atoms with Crippen LogP contribution in [-0.2, 0) is 10.3 Å². The number of ether oxygens (including phenoxy) is 1. The van der Waals surface area contributed by atoms with Crippen molar-refractivity contribution in [3.05, 3.63) is 17.5 Å². The van der Waals surface area contributed by atoms with Crippen molar-refractivity contribution >= 4 is 6.03 Å². The Morgan fingerprint density at radius 1 is 1.43 bits per heavy atom. The molecule has 3 atom stereocenters. The highest BCUT2D eigenvalue weighted by Crippen LogP contribution is 2.22. The van der Waals surface area contributed by atoms with Gasteiger partial charge in [0.15, 0.2) is 0 Å². The van der Waals surface area contributed by atoms with E-state index in [1.807, 2.05) is 43.5 Å². The van der Waals surface area contributed by atoms with Crippen LogP contribution in [0.25, 0.3) is 0 Å². The number of morpholine rings is 1. The molecule has 0 saturated carbocycles. The minimum Gasteiger partial charge on any atom is -0.375 e. The number of rotatable bonds is 2. The Hall–Kier alpha value is -1.56. The Balaban J connectivity index is 2.08. The third-order valence-electron chi connectivity index (χ3n) is 4.30. The second-order valence-electron chi connectivity index (χ2n) is 7.60. The van der Waals surface area contributed by atoms with Gasteiger partial charge in [0.25, 0.3) is 0 Å². The summed E-state index contributed by atoms with van der Waals surface area (Å²) in [5.41, 5.74) is 1.94. The van der Waals surface area contributed by atoms with Crippen LogP contribution in [0.2, 0.25) is 0 Å². The van der Waals surface area contributed by atoms with Gasteiger partial charge in [-0.3, -0.25) is 4.68 Å². The Kier molecular flexibility index (Phi) is 5.04. The smallest absolute Gasteiger partial charge is 0.318 e. The zero-order valence-electron chi connectivity index (χ0n) is 15.4. The van der Waals surface area contributed by atoms with E-state index < -0.39 is 0 Å². The molecule has 1 saturated heterocycles. The fourth-order valence-corrected chi connectivity index (χ4v) is 2.77. The second-order valence-corrected chi connectivity index (χ2v) is 7.60. The van der Waals surface area contributed by atoms with Gasteiger partial charge in [0.1, 0.15) is 0 Å². The molecule has 6 heteroatoms. The first-order chi connectivity index (χ1) is 10.6. The van der Waals surface area contributed by atoms with Crippen molar-refractivity contribution in [2.75, 3.05) is 13.2 Å². The highest BCUT2D eigenvalue weighted by atomic mass is 16.5. The molecule has 1 fully saturated rings. The topological polar surface area (TPSA) is 59.4 Å². The molecular formula is C17H30N4O2. The van der Waals surface area contributed by atoms with E-state index in [4.69, 9.17) is 4.74 Å². The summed E-state index contributed by atoms with van der Waals surface area (Å²) in [6, 6.07) is -0.0243. The third kappa shape index (κ3) is 4.05. The van der Waals surface area contributed by atoms with Crippen LogP contribution in [0.1, 0.15) is 58.8 Å². The molecular weight excluding hydrogens is 292 g/mol. The Bertz CT molecular complexity index is 561. The number of aryl methyl sites for hydroxylation is 1. The highest BCUT2D eigenvalue weighted by molar-refractivity contribution is 5.75. The zero-order chi connectivity index (χ0) is 17.4. The molecule has 0 radical (unpaired) electrons. The minimum atomic E-state index is -0.0797. The van der Waals surface area contributed by atoms with Crippen molar-refractivity contribution in [2.45, 2.75) is 72.2 Å². The summed E-state index contributed by atoms with van der Waals surface area (Å²) in [5, 5.41) is 7.68. The summed E-state index contributed by atoms with van der Waals surface area (Å²) in [6.45, 7) is 15.6. The molecule has 0 unspecified atom stereocenters. The molecule has 1 aliphatic rings. The van der Waals surface area contributed by atoms with E-state index in [0.717, 1.165) is 11.3 Å². The number of carbonyl (C=O) groups excluding carboxylic acids is 1. The summed E-state index contributed by atoms with van der Waals surface area (Å²) in [5.74, 6) is 0. The van der Waals surface area contributed by atoms with E-state index >= 15 is 0 Å². The predicted octanol–water partition coefficient (Wildman–Crippen LogP) is 2.83. The number of amides is 2. The van der Waals surface area contributed by atoms with Crippen LogP contribution in [0.3, 0.4) is 0 Å². The van der Waals surface area contributed by atoms with Crippen molar-refractivity contribution in [1.82, 2.24) is 20.0 Å². The lowest BCUT2D eigenvalue weighted by molar-refractivity contribution is -0.0320. The lowest BCUT2D eigenvalue weighted by atomic mass is 10.1. The summed E-state index contributed by atoms with van der Waals surface area (Å²) >= 11 is 0. The van der Waals surface area contributed by atoms with Gasteiger partial charge in [-0.15, -0.1) is 0 Å². The van der Waals surface area contributed by atoms with E-state index in [1.54, 1.807) is 0 Å². The summed E-state index contributed by atoms with van der Waals surface area (Å²) in [4.78, 5) is 14.4. The van der Waals surface area contributed by atoms with Crippen molar-refractivity contribution in [1.29, 1.82) is 0 Å². The van der Waals surface area contributed by atoms with Crippen LogP contribution in [0.4, 0.5) is 4.79 Å². The number of carbonyl (C=O) groups is 1. The molecule has 0 spiro atoms. The van der Waals surface area contributed by atoms with Gasteiger partial charge >= 0.3 is 6.03 Å². The first-order valence-electron chi connectivity index (χ1n) is 8.35.